The van der Waals surface area contributed by atoms with Crippen molar-refractivity contribution >= 4 is 7.05 Å². The molecule has 0 fully saturated rings. The zero-order valence-corrected chi connectivity index (χ0v) is 15.6. The van der Waals surface area contributed by atoms with E-state index in [1.54, 1.807) is 7.11 Å². The van der Waals surface area contributed by atoms with E-state index in [1.807, 2.05) is 7.05 Å². The second-order valence-corrected chi connectivity index (χ2v) is 9.79. The van der Waals surface area contributed by atoms with Gasteiger partial charge in [0.1, 0.15) is 0 Å². The van der Waals surface area contributed by atoms with Gasteiger partial charge in [0.15, 0.2) is 0 Å². The van der Waals surface area contributed by atoms with Gasteiger partial charge in [-0.15, -0.1) is 0 Å². The fourth-order valence-electron chi connectivity index (χ4n) is 2.49. The third-order valence-corrected chi connectivity index (χ3v) is 7.22. The maximum absolute atomic E-state index is 5.56. The first-order valence-corrected chi connectivity index (χ1v) is 10.8. The van der Waals surface area contributed by atoms with Gasteiger partial charge in [-0.25, -0.2) is 0 Å². The number of hydrogen-bond donors (Lipinski definition) is 0. The number of rotatable bonds is 11. The molecule has 0 aromatic heterocycles. The van der Waals surface area contributed by atoms with Crippen LogP contribution in [0.5, 0.6) is 0 Å². The first kappa shape index (κ1) is 19.4. The van der Waals surface area contributed by atoms with Crippen LogP contribution in [0.3, 0.4) is 0 Å². The molecule has 0 saturated carbocycles. The van der Waals surface area contributed by atoms with Gasteiger partial charge in [-0.05, 0) is 43.8 Å². The number of nitrogens with zero attached hydrogens (tertiary/aromatic N) is 1. The molecular weight excluding hydrogens is 293 g/mol. The van der Waals surface area contributed by atoms with E-state index in [0.29, 0.717) is 13.2 Å². The molecule has 4 heteroatoms. The predicted octanol–water partition coefficient (Wildman–Crippen LogP) is 4.65. The van der Waals surface area contributed by atoms with Crippen molar-refractivity contribution in [2.45, 2.75) is 32.3 Å². The van der Waals surface area contributed by atoms with E-state index in [2.05, 4.69) is 37.9 Å². The molecule has 0 aliphatic heterocycles. The first-order chi connectivity index (χ1) is 10.6. The Bertz CT molecular complexity index is 457. The molecule has 1 atom stereocenters. The van der Waals surface area contributed by atoms with Gasteiger partial charge in [0.05, 0.1) is 13.2 Å². The van der Waals surface area contributed by atoms with Crippen LogP contribution < -0.4 is 0 Å². The normalized spacial score (nSPS) is 13.8. The quantitative estimate of drug-likeness (QED) is 0.438. The topological polar surface area (TPSA) is 30.8 Å². The lowest BCUT2D eigenvalue weighted by molar-refractivity contribution is 0.0712. The van der Waals surface area contributed by atoms with Crippen molar-refractivity contribution in [1.82, 2.24) is 0 Å². The van der Waals surface area contributed by atoms with Crippen LogP contribution in [0.2, 0.25) is 0 Å². The SMILES string of the molecule is CCCc1ccc(CP(C)(CCCOCCOC)=NC)cc1. The van der Waals surface area contributed by atoms with Gasteiger partial charge >= 0.3 is 0 Å². The summed E-state index contributed by atoms with van der Waals surface area (Å²) < 4.78 is 15.3. The van der Waals surface area contributed by atoms with Gasteiger partial charge in [0, 0.05) is 26.9 Å². The Morgan fingerprint density at radius 2 is 1.73 bits per heavy atom. The van der Waals surface area contributed by atoms with E-state index < -0.39 is 7.05 Å². The Morgan fingerprint density at radius 3 is 2.32 bits per heavy atom. The summed E-state index contributed by atoms with van der Waals surface area (Å²) >= 11 is 0. The average molecular weight is 325 g/mol. The standard InChI is InChI=1S/C18H32NO2P/c1-5-7-17-8-10-18(11-9-17)16-22(4,19-2)15-6-12-21-14-13-20-3/h8-11H,5-7,12-16H2,1-4H3. The lowest BCUT2D eigenvalue weighted by Gasteiger charge is -2.19. The summed E-state index contributed by atoms with van der Waals surface area (Å²) in [5.41, 5.74) is 2.85. The molecule has 3 nitrogen and oxygen atoms in total. The van der Waals surface area contributed by atoms with Crippen LogP contribution in [-0.2, 0) is 22.1 Å². The summed E-state index contributed by atoms with van der Waals surface area (Å²) in [6, 6.07) is 9.10. The van der Waals surface area contributed by atoms with E-state index in [1.165, 1.54) is 24.0 Å². The minimum absolute atomic E-state index is 0.675. The van der Waals surface area contributed by atoms with Crippen molar-refractivity contribution in [1.29, 1.82) is 0 Å². The van der Waals surface area contributed by atoms with Crippen LogP contribution in [-0.4, -0.2) is 46.8 Å². The molecule has 0 heterocycles. The molecule has 1 aromatic rings. The van der Waals surface area contributed by atoms with Crippen LogP contribution in [0, 0.1) is 0 Å². The van der Waals surface area contributed by atoms with E-state index in [-0.39, 0.29) is 0 Å². The van der Waals surface area contributed by atoms with Gasteiger partial charge in [0.25, 0.3) is 0 Å². The molecule has 1 rings (SSSR count). The predicted molar refractivity (Wildman–Crippen MR) is 97.5 cm³/mol. The number of ether oxygens (including phenoxy) is 2. The molecule has 0 amide bonds. The molecule has 22 heavy (non-hydrogen) atoms. The van der Waals surface area contributed by atoms with Gasteiger partial charge < -0.3 is 14.2 Å². The van der Waals surface area contributed by atoms with Gasteiger partial charge in [-0.3, -0.25) is 0 Å². The van der Waals surface area contributed by atoms with Crippen molar-refractivity contribution in [2.75, 3.05) is 46.8 Å². The molecule has 0 aliphatic carbocycles. The molecule has 0 N–H and O–H groups in total. The minimum Gasteiger partial charge on any atom is -0.382 e. The monoisotopic (exact) mass is 325 g/mol. The highest BCUT2D eigenvalue weighted by molar-refractivity contribution is 7.64. The molecular formula is C18H32NO2P. The number of benzene rings is 1. The average Bonchev–Trinajstić information content (AvgIpc) is 2.53. The Balaban J connectivity index is 2.45. The second-order valence-electron chi connectivity index (χ2n) is 5.95. The Kier molecular flexibility index (Phi) is 9.70. The van der Waals surface area contributed by atoms with Crippen LogP contribution >= 0.6 is 7.05 Å². The Hall–Kier alpha value is -0.630. The van der Waals surface area contributed by atoms with Crippen molar-refractivity contribution in [3.63, 3.8) is 0 Å². The van der Waals surface area contributed by atoms with E-state index in [0.717, 1.165) is 25.4 Å². The van der Waals surface area contributed by atoms with Crippen LogP contribution in [0.25, 0.3) is 0 Å². The van der Waals surface area contributed by atoms with Crippen LogP contribution in [0.1, 0.15) is 30.9 Å². The largest absolute Gasteiger partial charge is 0.382 e. The van der Waals surface area contributed by atoms with Gasteiger partial charge in [-0.2, -0.15) is 0 Å². The van der Waals surface area contributed by atoms with Gasteiger partial charge in [0.2, 0.25) is 0 Å². The summed E-state index contributed by atoms with van der Waals surface area (Å²) in [6.07, 6.45) is 5.72. The third-order valence-electron chi connectivity index (χ3n) is 3.93. The summed E-state index contributed by atoms with van der Waals surface area (Å²) in [6.45, 7) is 6.75. The maximum atomic E-state index is 5.56. The Labute approximate surface area is 136 Å². The van der Waals surface area contributed by atoms with E-state index in [9.17, 15) is 0 Å². The number of hydrogen-bond acceptors (Lipinski definition) is 3. The molecule has 0 radical (unpaired) electrons. The molecule has 0 spiro atoms. The zero-order valence-electron chi connectivity index (χ0n) is 14.7. The van der Waals surface area contributed by atoms with Crippen molar-refractivity contribution < 1.29 is 9.47 Å². The molecule has 126 valence electrons. The summed E-state index contributed by atoms with van der Waals surface area (Å²) in [7, 11) is 2.43. The molecule has 1 aromatic carbocycles. The zero-order chi connectivity index (χ0) is 16.3. The van der Waals surface area contributed by atoms with E-state index in [4.69, 9.17) is 14.2 Å². The maximum Gasteiger partial charge on any atom is 0.0700 e. The van der Waals surface area contributed by atoms with E-state index >= 15 is 0 Å². The highest BCUT2D eigenvalue weighted by atomic mass is 31.2. The van der Waals surface area contributed by atoms with Crippen LogP contribution in [0.15, 0.2) is 29.0 Å². The van der Waals surface area contributed by atoms with Gasteiger partial charge in [-0.1, -0.05) is 37.6 Å². The minimum atomic E-state index is -1.24. The summed E-state index contributed by atoms with van der Waals surface area (Å²) in [5.74, 6) is 0. The summed E-state index contributed by atoms with van der Waals surface area (Å²) in [5, 5.41) is 0. The second kappa shape index (κ2) is 11.0. The van der Waals surface area contributed by atoms with Crippen LogP contribution in [0.4, 0.5) is 0 Å². The lowest BCUT2D eigenvalue weighted by atomic mass is 10.1. The number of methoxy groups -OCH3 is 1. The number of aryl methyl sites for hydroxylation is 1. The highest BCUT2D eigenvalue weighted by Gasteiger charge is 2.13. The highest BCUT2D eigenvalue weighted by Crippen LogP contribution is 2.48. The van der Waals surface area contributed by atoms with Crippen molar-refractivity contribution in [3.8, 4) is 0 Å². The first-order valence-electron chi connectivity index (χ1n) is 8.24. The molecule has 0 aliphatic rings. The van der Waals surface area contributed by atoms with Crippen molar-refractivity contribution in [2.24, 2.45) is 4.74 Å². The lowest BCUT2D eigenvalue weighted by Crippen LogP contribution is -2.05. The van der Waals surface area contributed by atoms with Crippen molar-refractivity contribution in [3.05, 3.63) is 35.4 Å². The smallest absolute Gasteiger partial charge is 0.0700 e. The third kappa shape index (κ3) is 7.58. The Morgan fingerprint density at radius 1 is 1.05 bits per heavy atom. The fraction of sp³-hybridized carbons (Fsp3) is 0.667. The molecule has 1 unspecified atom stereocenters. The summed E-state index contributed by atoms with van der Waals surface area (Å²) in [4.78, 5) is 0. The molecule has 0 bridgehead atoms. The molecule has 0 saturated heterocycles. The fourth-order valence-corrected chi connectivity index (χ4v) is 4.80.